The Labute approximate surface area is 163 Å². The van der Waals surface area contributed by atoms with E-state index in [2.05, 4.69) is 59.5 Å². The summed E-state index contributed by atoms with van der Waals surface area (Å²) in [5, 5.41) is 0.748. The van der Waals surface area contributed by atoms with Crippen LogP contribution in [0.5, 0.6) is 5.75 Å². The van der Waals surface area contributed by atoms with Crippen LogP contribution >= 0.6 is 11.6 Å². The Balaban J connectivity index is 1.54. The lowest BCUT2D eigenvalue weighted by Crippen LogP contribution is -2.08. The first-order valence-electron chi connectivity index (χ1n) is 9.06. The van der Waals surface area contributed by atoms with Gasteiger partial charge in [0.2, 0.25) is 0 Å². The molecule has 4 unspecified atom stereocenters. The third-order valence-corrected chi connectivity index (χ3v) is 5.62. The molecule has 0 N–H and O–H groups in total. The molecule has 4 atom stereocenters. The van der Waals surface area contributed by atoms with Crippen molar-refractivity contribution in [1.29, 1.82) is 0 Å². The van der Waals surface area contributed by atoms with Gasteiger partial charge in [-0.2, -0.15) is 0 Å². The van der Waals surface area contributed by atoms with Gasteiger partial charge in [0, 0.05) is 5.02 Å². The summed E-state index contributed by atoms with van der Waals surface area (Å²) in [5.74, 6) is 0.860. The number of benzene rings is 3. The third-order valence-electron chi connectivity index (χ3n) is 5.37. The molecule has 0 aromatic heterocycles. The normalized spacial score (nSPS) is 25.6. The van der Waals surface area contributed by atoms with Gasteiger partial charge in [0.15, 0.2) is 0 Å². The van der Waals surface area contributed by atoms with Crippen molar-refractivity contribution in [3.63, 3.8) is 0 Å². The number of halogens is 1. The first kappa shape index (κ1) is 16.5. The Morgan fingerprint density at radius 3 is 2.19 bits per heavy atom. The molecule has 0 saturated carbocycles. The van der Waals surface area contributed by atoms with Crippen molar-refractivity contribution in [2.24, 2.45) is 4.99 Å². The molecule has 1 fully saturated rings. The van der Waals surface area contributed by atoms with Crippen molar-refractivity contribution < 1.29 is 4.74 Å². The standard InChI is InChI=1S/C23H19ClN2O/c1-27-19-13-9-15(10-14-19)20-22-21(16-5-3-2-4-6-16)26(22)23(25-20)17-7-11-18(24)12-8-17/h2-14,21-23H,1H3. The number of rotatable bonds is 4. The lowest BCUT2D eigenvalue weighted by molar-refractivity contribution is 0.404. The summed E-state index contributed by atoms with van der Waals surface area (Å²) < 4.78 is 5.30. The fraction of sp³-hybridized carbons (Fsp3) is 0.174. The molecule has 0 spiro atoms. The van der Waals surface area contributed by atoms with Gasteiger partial charge in [-0.05, 0) is 53.1 Å². The Hall–Kier alpha value is -2.62. The van der Waals surface area contributed by atoms with Gasteiger partial charge in [0.1, 0.15) is 11.9 Å². The lowest BCUT2D eigenvalue weighted by Gasteiger charge is -2.14. The van der Waals surface area contributed by atoms with Gasteiger partial charge in [0.25, 0.3) is 0 Å². The maximum absolute atomic E-state index is 6.08. The topological polar surface area (TPSA) is 24.6 Å². The zero-order valence-electron chi connectivity index (χ0n) is 14.9. The van der Waals surface area contributed by atoms with Crippen LogP contribution < -0.4 is 4.74 Å². The average molecular weight is 375 g/mol. The minimum absolute atomic E-state index is 0.0228. The molecule has 0 amide bonds. The van der Waals surface area contributed by atoms with Crippen LogP contribution in [0.15, 0.2) is 83.9 Å². The predicted molar refractivity (Wildman–Crippen MR) is 109 cm³/mol. The van der Waals surface area contributed by atoms with Crippen LogP contribution in [0.2, 0.25) is 5.02 Å². The van der Waals surface area contributed by atoms with Crippen molar-refractivity contribution in [2.75, 3.05) is 7.11 Å². The molecule has 134 valence electrons. The Bertz CT molecular complexity index is 983. The Kier molecular flexibility index (Phi) is 4.00. The van der Waals surface area contributed by atoms with E-state index in [-0.39, 0.29) is 6.17 Å². The highest BCUT2D eigenvalue weighted by molar-refractivity contribution is 6.30. The second-order valence-electron chi connectivity index (χ2n) is 6.92. The van der Waals surface area contributed by atoms with Crippen LogP contribution in [0.4, 0.5) is 0 Å². The molecule has 2 aliphatic heterocycles. The number of hydrogen-bond acceptors (Lipinski definition) is 3. The van der Waals surface area contributed by atoms with Crippen LogP contribution in [0.1, 0.15) is 28.9 Å². The number of hydrogen-bond donors (Lipinski definition) is 0. The SMILES string of the molecule is COc1ccc(C2=NC(c3ccc(Cl)cc3)N3C2C3c2ccccc2)cc1. The van der Waals surface area contributed by atoms with Crippen LogP contribution in [0.3, 0.4) is 0 Å². The largest absolute Gasteiger partial charge is 0.497 e. The number of methoxy groups -OCH3 is 1. The highest BCUT2D eigenvalue weighted by Gasteiger charge is 2.59. The maximum Gasteiger partial charge on any atom is 0.129 e. The van der Waals surface area contributed by atoms with E-state index < -0.39 is 0 Å². The molecular weight excluding hydrogens is 356 g/mol. The van der Waals surface area contributed by atoms with E-state index in [0.717, 1.165) is 22.0 Å². The molecule has 3 nitrogen and oxygen atoms in total. The first-order valence-corrected chi connectivity index (χ1v) is 9.44. The molecule has 2 heterocycles. The molecule has 2 aliphatic rings. The van der Waals surface area contributed by atoms with Crippen molar-refractivity contribution in [2.45, 2.75) is 18.2 Å². The summed E-state index contributed by atoms with van der Waals surface area (Å²) in [5.41, 5.74) is 4.81. The van der Waals surface area contributed by atoms with E-state index in [1.807, 2.05) is 24.3 Å². The van der Waals surface area contributed by atoms with Gasteiger partial charge in [-0.3, -0.25) is 9.89 Å². The first-order chi connectivity index (χ1) is 13.3. The summed E-state index contributed by atoms with van der Waals surface area (Å²) in [4.78, 5) is 7.55. The average Bonchev–Trinajstić information content (AvgIpc) is 3.34. The molecule has 3 aromatic carbocycles. The predicted octanol–water partition coefficient (Wildman–Crippen LogP) is 5.28. The number of ether oxygens (including phenoxy) is 1. The van der Waals surface area contributed by atoms with Gasteiger partial charge in [-0.25, -0.2) is 0 Å². The van der Waals surface area contributed by atoms with Crippen LogP contribution in [0, 0.1) is 0 Å². The summed E-state index contributed by atoms with van der Waals surface area (Å²) in [6.45, 7) is 0. The van der Waals surface area contributed by atoms with E-state index in [0.29, 0.717) is 12.1 Å². The zero-order valence-corrected chi connectivity index (χ0v) is 15.7. The second-order valence-corrected chi connectivity index (χ2v) is 7.35. The van der Waals surface area contributed by atoms with Crippen LogP contribution in [-0.4, -0.2) is 23.8 Å². The van der Waals surface area contributed by atoms with E-state index in [1.54, 1.807) is 7.11 Å². The third kappa shape index (κ3) is 2.84. The van der Waals surface area contributed by atoms with Crippen molar-refractivity contribution in [3.8, 4) is 5.75 Å². The van der Waals surface area contributed by atoms with Gasteiger partial charge in [-0.1, -0.05) is 54.1 Å². The lowest BCUT2D eigenvalue weighted by atomic mass is 10.0. The van der Waals surface area contributed by atoms with Crippen LogP contribution in [0.25, 0.3) is 0 Å². The highest BCUT2D eigenvalue weighted by Crippen LogP contribution is 2.55. The quantitative estimate of drug-likeness (QED) is 0.580. The molecule has 27 heavy (non-hydrogen) atoms. The fourth-order valence-corrected chi connectivity index (χ4v) is 4.14. The van der Waals surface area contributed by atoms with Gasteiger partial charge < -0.3 is 4.74 Å². The minimum Gasteiger partial charge on any atom is -0.497 e. The molecular formula is C23H19ClN2O. The number of aliphatic imine (C=N–C) groups is 1. The molecule has 0 radical (unpaired) electrons. The number of fused-ring (bicyclic) bond motifs is 1. The second kappa shape index (κ2) is 6.52. The fourth-order valence-electron chi connectivity index (χ4n) is 4.01. The van der Waals surface area contributed by atoms with E-state index in [9.17, 15) is 0 Å². The maximum atomic E-state index is 6.08. The van der Waals surface area contributed by atoms with Gasteiger partial charge >= 0.3 is 0 Å². The number of nitrogens with zero attached hydrogens (tertiary/aromatic N) is 2. The molecule has 3 aromatic rings. The summed E-state index contributed by atoms with van der Waals surface area (Å²) in [6, 6.07) is 27.6. The van der Waals surface area contributed by atoms with E-state index in [1.165, 1.54) is 11.1 Å². The molecule has 0 bridgehead atoms. The minimum atomic E-state index is 0.0228. The smallest absolute Gasteiger partial charge is 0.129 e. The van der Waals surface area contributed by atoms with Crippen molar-refractivity contribution in [3.05, 3.63) is 101 Å². The molecule has 0 aliphatic carbocycles. The molecule has 5 rings (SSSR count). The van der Waals surface area contributed by atoms with E-state index >= 15 is 0 Å². The van der Waals surface area contributed by atoms with Gasteiger partial charge in [-0.15, -0.1) is 0 Å². The van der Waals surface area contributed by atoms with Crippen molar-refractivity contribution in [1.82, 2.24) is 4.90 Å². The molecule has 1 saturated heterocycles. The zero-order chi connectivity index (χ0) is 18.4. The Morgan fingerprint density at radius 1 is 0.815 bits per heavy atom. The Morgan fingerprint density at radius 2 is 1.52 bits per heavy atom. The summed E-state index contributed by atoms with van der Waals surface area (Å²) in [7, 11) is 1.69. The van der Waals surface area contributed by atoms with Gasteiger partial charge in [0.05, 0.1) is 24.9 Å². The van der Waals surface area contributed by atoms with Crippen LogP contribution in [-0.2, 0) is 0 Å². The highest BCUT2D eigenvalue weighted by atomic mass is 35.5. The summed E-state index contributed by atoms with van der Waals surface area (Å²) >= 11 is 6.08. The summed E-state index contributed by atoms with van der Waals surface area (Å²) in [6.07, 6.45) is 0.0228. The van der Waals surface area contributed by atoms with E-state index in [4.69, 9.17) is 21.3 Å². The molecule has 4 heteroatoms. The van der Waals surface area contributed by atoms with Crippen molar-refractivity contribution >= 4 is 17.3 Å². The monoisotopic (exact) mass is 374 g/mol.